The molecule has 2 aliphatic rings. The van der Waals surface area contributed by atoms with Crippen LogP contribution in [0.5, 0.6) is 0 Å². The van der Waals surface area contributed by atoms with Gasteiger partial charge < -0.3 is 15.0 Å². The number of nitrogens with one attached hydrogen (secondary N) is 1. The van der Waals surface area contributed by atoms with Gasteiger partial charge in [-0.25, -0.2) is 9.18 Å². The molecule has 0 aromatic heterocycles. The fourth-order valence-electron chi connectivity index (χ4n) is 3.47. The van der Waals surface area contributed by atoms with Crippen LogP contribution in [0.1, 0.15) is 12.8 Å². The van der Waals surface area contributed by atoms with Gasteiger partial charge in [0.15, 0.2) is 0 Å². The topological polar surface area (TPSA) is 41.6 Å². The molecule has 3 unspecified atom stereocenters. The molecular weight excluding hydrogens is 259 g/mol. The number of benzene rings is 1. The van der Waals surface area contributed by atoms with Gasteiger partial charge in [0, 0.05) is 24.7 Å². The monoisotopic (exact) mass is 278 g/mol. The molecule has 2 aliphatic heterocycles. The van der Waals surface area contributed by atoms with E-state index in [1.807, 2.05) is 0 Å². The number of piperidine rings is 1. The molecule has 1 N–H and O–H groups in total. The number of hydrogen-bond acceptors (Lipinski definition) is 4. The van der Waals surface area contributed by atoms with Gasteiger partial charge in [0.25, 0.3) is 0 Å². The van der Waals surface area contributed by atoms with E-state index in [4.69, 9.17) is 4.74 Å². The van der Waals surface area contributed by atoms with Crippen LogP contribution in [0.25, 0.3) is 0 Å². The molecule has 2 saturated heterocycles. The lowest BCUT2D eigenvalue weighted by Gasteiger charge is -2.41. The summed E-state index contributed by atoms with van der Waals surface area (Å²) >= 11 is 0. The molecule has 2 bridgehead atoms. The zero-order valence-electron chi connectivity index (χ0n) is 11.6. The Bertz CT molecular complexity index is 522. The predicted molar refractivity (Wildman–Crippen MR) is 73.9 cm³/mol. The van der Waals surface area contributed by atoms with Gasteiger partial charge in [-0.15, -0.1) is 0 Å². The molecule has 0 aliphatic carbocycles. The number of fused-ring (bicyclic) bond motifs is 2. The molecule has 2 heterocycles. The van der Waals surface area contributed by atoms with Gasteiger partial charge in [0.2, 0.25) is 0 Å². The van der Waals surface area contributed by atoms with E-state index in [1.165, 1.54) is 19.2 Å². The van der Waals surface area contributed by atoms with Crippen molar-refractivity contribution in [3.05, 3.63) is 30.1 Å². The van der Waals surface area contributed by atoms with Crippen molar-refractivity contribution in [1.82, 2.24) is 4.90 Å². The fourth-order valence-corrected chi connectivity index (χ4v) is 3.47. The summed E-state index contributed by atoms with van der Waals surface area (Å²) < 4.78 is 18.4. The zero-order valence-corrected chi connectivity index (χ0v) is 11.6. The molecule has 0 spiro atoms. The Labute approximate surface area is 117 Å². The molecule has 3 rings (SSSR count). The third-order valence-corrected chi connectivity index (χ3v) is 4.53. The molecule has 1 aromatic rings. The van der Waals surface area contributed by atoms with Crippen LogP contribution in [0.15, 0.2) is 24.3 Å². The van der Waals surface area contributed by atoms with E-state index < -0.39 is 5.54 Å². The maximum absolute atomic E-state index is 13.4. The van der Waals surface area contributed by atoms with Gasteiger partial charge in [-0.3, -0.25) is 0 Å². The Morgan fingerprint density at radius 3 is 3.10 bits per heavy atom. The first-order valence-electron chi connectivity index (χ1n) is 6.98. The Morgan fingerprint density at radius 1 is 1.50 bits per heavy atom. The molecule has 1 aromatic carbocycles. The number of rotatable bonds is 3. The molecule has 0 amide bonds. The summed E-state index contributed by atoms with van der Waals surface area (Å²) in [6.45, 7) is 2.79. The summed E-state index contributed by atoms with van der Waals surface area (Å²) in [6.07, 6.45) is 1.66. The van der Waals surface area contributed by atoms with Crippen molar-refractivity contribution in [2.45, 2.75) is 18.4 Å². The highest BCUT2D eigenvalue weighted by atomic mass is 19.1. The van der Waals surface area contributed by atoms with Crippen molar-refractivity contribution in [2.75, 3.05) is 32.1 Å². The average molecular weight is 278 g/mol. The smallest absolute Gasteiger partial charge is 0.331 e. The highest BCUT2D eigenvalue weighted by Gasteiger charge is 2.52. The summed E-state index contributed by atoms with van der Waals surface area (Å²) in [6, 6.07) is 6.25. The van der Waals surface area contributed by atoms with E-state index in [1.54, 1.807) is 12.1 Å². The number of carbonyl (C=O) groups is 1. The number of methoxy groups -OCH3 is 1. The van der Waals surface area contributed by atoms with E-state index in [2.05, 4.69) is 10.2 Å². The van der Waals surface area contributed by atoms with Crippen LogP contribution in [-0.2, 0) is 9.53 Å². The maximum atomic E-state index is 13.4. The summed E-state index contributed by atoms with van der Waals surface area (Å²) in [5, 5.41) is 3.27. The third kappa shape index (κ3) is 2.16. The van der Waals surface area contributed by atoms with E-state index in [0.29, 0.717) is 12.1 Å². The van der Waals surface area contributed by atoms with Gasteiger partial charge in [-0.2, -0.15) is 0 Å². The minimum Gasteiger partial charge on any atom is -0.467 e. The summed E-state index contributed by atoms with van der Waals surface area (Å²) in [5.41, 5.74) is -0.0917. The average Bonchev–Trinajstić information content (AvgIpc) is 2.86. The predicted octanol–water partition coefficient (Wildman–Crippen LogP) is 1.87. The van der Waals surface area contributed by atoms with Crippen molar-refractivity contribution >= 4 is 11.7 Å². The number of anilines is 1. The molecule has 108 valence electrons. The lowest BCUT2D eigenvalue weighted by atomic mass is 9.78. The second-order valence-electron chi connectivity index (χ2n) is 5.63. The molecule has 4 nitrogen and oxygen atoms in total. The number of halogens is 1. The first-order valence-corrected chi connectivity index (χ1v) is 6.98. The van der Waals surface area contributed by atoms with Crippen LogP contribution in [0.4, 0.5) is 10.1 Å². The maximum Gasteiger partial charge on any atom is 0.331 e. The summed E-state index contributed by atoms with van der Waals surface area (Å²) in [5.74, 6) is -0.334. The van der Waals surface area contributed by atoms with Gasteiger partial charge >= 0.3 is 5.97 Å². The molecule has 5 heteroatoms. The van der Waals surface area contributed by atoms with Crippen LogP contribution < -0.4 is 5.32 Å². The normalized spacial score (nSPS) is 31.9. The van der Waals surface area contributed by atoms with Crippen molar-refractivity contribution in [3.8, 4) is 0 Å². The molecule has 0 saturated carbocycles. The van der Waals surface area contributed by atoms with Crippen molar-refractivity contribution in [3.63, 3.8) is 0 Å². The number of esters is 1. The highest BCUT2D eigenvalue weighted by Crippen LogP contribution is 2.39. The Balaban J connectivity index is 1.92. The molecule has 2 fully saturated rings. The first-order chi connectivity index (χ1) is 9.64. The lowest BCUT2D eigenvalue weighted by Crippen LogP contribution is -2.57. The number of nitrogens with zero attached hydrogens (tertiary/aromatic N) is 1. The summed E-state index contributed by atoms with van der Waals surface area (Å²) in [4.78, 5) is 14.7. The van der Waals surface area contributed by atoms with Crippen molar-refractivity contribution < 1.29 is 13.9 Å². The van der Waals surface area contributed by atoms with Crippen molar-refractivity contribution in [1.29, 1.82) is 0 Å². The largest absolute Gasteiger partial charge is 0.467 e. The highest BCUT2D eigenvalue weighted by molar-refractivity contribution is 5.85. The van der Waals surface area contributed by atoms with Gasteiger partial charge in [-0.1, -0.05) is 6.07 Å². The molecule has 3 atom stereocenters. The second kappa shape index (κ2) is 5.05. The number of ether oxygens (including phenoxy) is 1. The lowest BCUT2D eigenvalue weighted by molar-refractivity contribution is -0.149. The van der Waals surface area contributed by atoms with Crippen LogP contribution in [0, 0.1) is 11.7 Å². The second-order valence-corrected chi connectivity index (χ2v) is 5.63. The van der Waals surface area contributed by atoms with Crippen LogP contribution in [0.3, 0.4) is 0 Å². The van der Waals surface area contributed by atoms with Crippen LogP contribution in [-0.4, -0.2) is 43.2 Å². The Kier molecular flexibility index (Phi) is 3.38. The van der Waals surface area contributed by atoms with Gasteiger partial charge in [0.05, 0.1) is 7.11 Å². The van der Waals surface area contributed by atoms with Crippen LogP contribution in [0.2, 0.25) is 0 Å². The Morgan fingerprint density at radius 2 is 2.35 bits per heavy atom. The SMILES string of the molecule is COC(=O)C1(Nc2cccc(F)c2)CCN2CCC1C2. The first kappa shape index (κ1) is 13.4. The minimum absolute atomic E-state index is 0.215. The molecular formula is C15H19FN2O2. The summed E-state index contributed by atoms with van der Waals surface area (Å²) in [7, 11) is 1.42. The number of hydrogen-bond donors (Lipinski definition) is 1. The number of carbonyl (C=O) groups excluding carboxylic acids is 1. The van der Waals surface area contributed by atoms with E-state index in [-0.39, 0.29) is 17.7 Å². The zero-order chi connectivity index (χ0) is 14.2. The third-order valence-electron chi connectivity index (χ3n) is 4.53. The van der Waals surface area contributed by atoms with E-state index >= 15 is 0 Å². The molecule has 0 radical (unpaired) electrons. The Hall–Kier alpha value is -1.62. The van der Waals surface area contributed by atoms with Crippen LogP contribution >= 0.6 is 0 Å². The molecule has 20 heavy (non-hydrogen) atoms. The standard InChI is InChI=1S/C15H19FN2O2/c1-20-14(19)15(6-8-18-7-5-11(15)10-18)17-13-4-2-3-12(16)9-13/h2-4,9,11,17H,5-8,10H2,1H3. The van der Waals surface area contributed by atoms with Gasteiger partial charge in [0.1, 0.15) is 11.4 Å². The minimum atomic E-state index is -0.727. The quantitative estimate of drug-likeness (QED) is 0.857. The fraction of sp³-hybridized carbons (Fsp3) is 0.533. The van der Waals surface area contributed by atoms with E-state index in [0.717, 1.165) is 26.1 Å². The van der Waals surface area contributed by atoms with Gasteiger partial charge in [-0.05, 0) is 37.6 Å². The van der Waals surface area contributed by atoms with E-state index in [9.17, 15) is 9.18 Å². The van der Waals surface area contributed by atoms with Crippen molar-refractivity contribution in [2.24, 2.45) is 5.92 Å².